The van der Waals surface area contributed by atoms with E-state index in [2.05, 4.69) is 0 Å². The minimum atomic E-state index is -0.761. The SMILES string of the molecule is CC1(C(=O)O)CCCN1C1CCCCC1O. The molecule has 1 aliphatic carbocycles. The Morgan fingerprint density at radius 3 is 2.62 bits per heavy atom. The Bertz CT molecular complexity index is 281. The van der Waals surface area contributed by atoms with Crippen molar-refractivity contribution in [3.8, 4) is 0 Å². The molecule has 1 saturated heterocycles. The number of carboxylic acids is 1. The molecule has 2 fully saturated rings. The Balaban J connectivity index is 2.15. The monoisotopic (exact) mass is 227 g/mol. The van der Waals surface area contributed by atoms with Gasteiger partial charge in [0, 0.05) is 6.04 Å². The molecule has 0 amide bonds. The molecule has 0 aromatic rings. The molecule has 4 nitrogen and oxygen atoms in total. The molecule has 3 atom stereocenters. The predicted octanol–water partition coefficient (Wildman–Crippen LogP) is 1.23. The van der Waals surface area contributed by atoms with Gasteiger partial charge >= 0.3 is 5.97 Å². The van der Waals surface area contributed by atoms with Gasteiger partial charge in [0.1, 0.15) is 5.54 Å². The molecule has 1 heterocycles. The molecule has 2 N–H and O–H groups in total. The number of likely N-dealkylation sites (tertiary alicyclic amines) is 1. The van der Waals surface area contributed by atoms with E-state index in [-0.39, 0.29) is 12.1 Å². The standard InChI is InChI=1S/C12H21NO3/c1-12(11(15)16)7-4-8-13(12)9-5-2-3-6-10(9)14/h9-10,14H,2-8H2,1H3,(H,15,16). The number of carboxylic acid groups (broad SMARTS) is 1. The summed E-state index contributed by atoms with van der Waals surface area (Å²) in [6.07, 6.45) is 5.20. The molecular weight excluding hydrogens is 206 g/mol. The van der Waals surface area contributed by atoms with Gasteiger partial charge in [-0.3, -0.25) is 9.69 Å². The molecule has 92 valence electrons. The minimum Gasteiger partial charge on any atom is -0.480 e. The van der Waals surface area contributed by atoms with Crippen LogP contribution in [0, 0.1) is 0 Å². The first-order chi connectivity index (χ1) is 7.55. The Hall–Kier alpha value is -0.610. The Kier molecular flexibility index (Phi) is 3.22. The Labute approximate surface area is 96.3 Å². The van der Waals surface area contributed by atoms with Crippen LogP contribution in [0.25, 0.3) is 0 Å². The fraction of sp³-hybridized carbons (Fsp3) is 0.917. The maximum Gasteiger partial charge on any atom is 0.323 e. The molecule has 0 bridgehead atoms. The lowest BCUT2D eigenvalue weighted by atomic mass is 9.88. The third kappa shape index (κ3) is 1.84. The third-order valence-corrected chi connectivity index (χ3v) is 4.25. The van der Waals surface area contributed by atoms with Crippen molar-refractivity contribution in [2.24, 2.45) is 0 Å². The number of aliphatic carboxylic acids is 1. The molecular formula is C12H21NO3. The maximum atomic E-state index is 11.4. The van der Waals surface area contributed by atoms with Crippen LogP contribution in [0.2, 0.25) is 0 Å². The first-order valence-electron chi connectivity index (χ1n) is 6.24. The number of aliphatic hydroxyl groups is 1. The lowest BCUT2D eigenvalue weighted by molar-refractivity contribution is -0.152. The number of rotatable bonds is 2. The fourth-order valence-corrected chi connectivity index (χ4v) is 3.20. The molecule has 1 aliphatic heterocycles. The molecule has 3 unspecified atom stereocenters. The lowest BCUT2D eigenvalue weighted by Gasteiger charge is -2.42. The molecule has 0 aromatic heterocycles. The van der Waals surface area contributed by atoms with Crippen LogP contribution in [0.5, 0.6) is 0 Å². The van der Waals surface area contributed by atoms with E-state index < -0.39 is 11.5 Å². The molecule has 0 aromatic carbocycles. The van der Waals surface area contributed by atoms with E-state index in [1.54, 1.807) is 6.92 Å². The quantitative estimate of drug-likeness (QED) is 0.745. The number of hydrogen-bond donors (Lipinski definition) is 2. The van der Waals surface area contributed by atoms with Gasteiger partial charge in [0.2, 0.25) is 0 Å². The largest absolute Gasteiger partial charge is 0.480 e. The zero-order chi connectivity index (χ0) is 11.8. The maximum absolute atomic E-state index is 11.4. The van der Waals surface area contributed by atoms with E-state index in [0.29, 0.717) is 6.42 Å². The second-order valence-electron chi connectivity index (χ2n) is 5.30. The minimum absolute atomic E-state index is 0.0531. The Morgan fingerprint density at radius 2 is 2.00 bits per heavy atom. The van der Waals surface area contributed by atoms with Gasteiger partial charge in [0.05, 0.1) is 6.10 Å². The van der Waals surface area contributed by atoms with Gasteiger partial charge in [-0.15, -0.1) is 0 Å². The smallest absolute Gasteiger partial charge is 0.323 e. The number of aliphatic hydroxyl groups excluding tert-OH is 1. The summed E-state index contributed by atoms with van der Waals surface area (Å²) in [6.45, 7) is 2.61. The average molecular weight is 227 g/mol. The van der Waals surface area contributed by atoms with Crippen molar-refractivity contribution in [2.45, 2.75) is 63.1 Å². The van der Waals surface area contributed by atoms with E-state index >= 15 is 0 Å². The first-order valence-corrected chi connectivity index (χ1v) is 6.24. The molecule has 1 saturated carbocycles. The third-order valence-electron chi connectivity index (χ3n) is 4.25. The Morgan fingerprint density at radius 1 is 1.31 bits per heavy atom. The first kappa shape index (κ1) is 11.9. The molecule has 16 heavy (non-hydrogen) atoms. The summed E-state index contributed by atoms with van der Waals surface area (Å²) in [6, 6.07) is 0.0531. The fourth-order valence-electron chi connectivity index (χ4n) is 3.20. The summed E-state index contributed by atoms with van der Waals surface area (Å²) < 4.78 is 0. The van der Waals surface area contributed by atoms with Crippen LogP contribution < -0.4 is 0 Å². The number of carbonyl (C=O) groups is 1. The van der Waals surface area contributed by atoms with E-state index in [1.807, 2.05) is 4.90 Å². The molecule has 2 aliphatic rings. The highest BCUT2D eigenvalue weighted by Crippen LogP contribution is 2.36. The highest BCUT2D eigenvalue weighted by molar-refractivity contribution is 5.78. The van der Waals surface area contributed by atoms with E-state index in [4.69, 9.17) is 0 Å². The van der Waals surface area contributed by atoms with E-state index in [9.17, 15) is 15.0 Å². The van der Waals surface area contributed by atoms with Crippen LogP contribution in [-0.2, 0) is 4.79 Å². The summed E-state index contributed by atoms with van der Waals surface area (Å²) in [7, 11) is 0. The predicted molar refractivity (Wildman–Crippen MR) is 60.2 cm³/mol. The summed E-state index contributed by atoms with van der Waals surface area (Å²) in [5, 5.41) is 19.3. The average Bonchev–Trinajstić information content (AvgIpc) is 2.63. The highest BCUT2D eigenvalue weighted by Gasteiger charge is 2.48. The van der Waals surface area contributed by atoms with Crippen LogP contribution in [0.1, 0.15) is 45.4 Å². The molecule has 2 rings (SSSR count). The van der Waals surface area contributed by atoms with Crippen molar-refractivity contribution < 1.29 is 15.0 Å². The summed E-state index contributed by atoms with van der Waals surface area (Å²) in [5.41, 5.74) is -0.761. The molecule has 0 radical (unpaired) electrons. The second kappa shape index (κ2) is 4.34. The lowest BCUT2D eigenvalue weighted by Crippen LogP contribution is -2.56. The van der Waals surface area contributed by atoms with Crippen molar-refractivity contribution in [3.63, 3.8) is 0 Å². The van der Waals surface area contributed by atoms with Crippen LogP contribution in [0.15, 0.2) is 0 Å². The van der Waals surface area contributed by atoms with Crippen LogP contribution in [0.3, 0.4) is 0 Å². The highest BCUT2D eigenvalue weighted by atomic mass is 16.4. The van der Waals surface area contributed by atoms with Gasteiger partial charge < -0.3 is 10.2 Å². The van der Waals surface area contributed by atoms with Crippen molar-refractivity contribution in [3.05, 3.63) is 0 Å². The normalized spacial score (nSPS) is 41.1. The number of nitrogens with zero attached hydrogens (tertiary/aromatic N) is 1. The van der Waals surface area contributed by atoms with Crippen molar-refractivity contribution in [1.29, 1.82) is 0 Å². The van der Waals surface area contributed by atoms with Gasteiger partial charge in [-0.05, 0) is 39.2 Å². The van der Waals surface area contributed by atoms with Gasteiger partial charge in [-0.1, -0.05) is 12.8 Å². The number of hydrogen-bond acceptors (Lipinski definition) is 3. The van der Waals surface area contributed by atoms with E-state index in [1.165, 1.54) is 0 Å². The summed E-state index contributed by atoms with van der Waals surface area (Å²) in [4.78, 5) is 13.4. The van der Waals surface area contributed by atoms with Crippen molar-refractivity contribution >= 4 is 5.97 Å². The molecule has 4 heteroatoms. The van der Waals surface area contributed by atoms with Crippen LogP contribution >= 0.6 is 0 Å². The van der Waals surface area contributed by atoms with Gasteiger partial charge in [-0.25, -0.2) is 0 Å². The van der Waals surface area contributed by atoms with Gasteiger partial charge in [0.25, 0.3) is 0 Å². The van der Waals surface area contributed by atoms with Crippen molar-refractivity contribution in [1.82, 2.24) is 4.90 Å². The zero-order valence-corrected chi connectivity index (χ0v) is 9.85. The summed E-state index contributed by atoms with van der Waals surface area (Å²) >= 11 is 0. The summed E-state index contributed by atoms with van der Waals surface area (Å²) in [5.74, 6) is -0.747. The second-order valence-corrected chi connectivity index (χ2v) is 5.30. The van der Waals surface area contributed by atoms with Crippen LogP contribution in [0.4, 0.5) is 0 Å². The topological polar surface area (TPSA) is 60.8 Å². The van der Waals surface area contributed by atoms with Gasteiger partial charge in [0.15, 0.2) is 0 Å². The van der Waals surface area contributed by atoms with Crippen molar-refractivity contribution in [2.75, 3.05) is 6.54 Å². The molecule has 0 spiro atoms. The zero-order valence-electron chi connectivity index (χ0n) is 9.85. The van der Waals surface area contributed by atoms with Crippen LogP contribution in [-0.4, -0.2) is 45.3 Å². The van der Waals surface area contributed by atoms with Gasteiger partial charge in [-0.2, -0.15) is 0 Å². The van der Waals surface area contributed by atoms with E-state index in [0.717, 1.165) is 38.6 Å².